The molecule has 0 aliphatic carbocycles. The van der Waals surface area contributed by atoms with Crippen molar-refractivity contribution in [1.29, 1.82) is 0 Å². The van der Waals surface area contributed by atoms with Gasteiger partial charge in [0.05, 0.1) is 12.8 Å². The van der Waals surface area contributed by atoms with Crippen LogP contribution in [-0.4, -0.2) is 61.1 Å². The van der Waals surface area contributed by atoms with Gasteiger partial charge in [0.1, 0.15) is 11.4 Å². The molecule has 4 rings (SSSR count). The number of nitrogens with one attached hydrogen (secondary N) is 1. The van der Waals surface area contributed by atoms with E-state index in [1.807, 2.05) is 0 Å². The van der Waals surface area contributed by atoms with E-state index in [1.54, 1.807) is 18.2 Å². The van der Waals surface area contributed by atoms with Crippen molar-refractivity contribution < 1.29 is 31.9 Å². The van der Waals surface area contributed by atoms with E-state index in [1.165, 1.54) is 36.1 Å². The lowest BCUT2D eigenvalue weighted by Crippen LogP contribution is -2.69. The van der Waals surface area contributed by atoms with Crippen molar-refractivity contribution in [1.82, 2.24) is 14.5 Å². The standard InChI is InChI=1S/C22H24FN3O6S/c1-22(21(28)24-10-15-3-6-17(23)7-4-15)13-25(33(2,29)30)12-20(27)26(22)11-16-5-8-18-19(9-16)32-14-31-18/h3-9H,10-14H2,1-2H3,(H,24,28)/t22-/m1/s1. The van der Waals surface area contributed by atoms with Gasteiger partial charge in [-0.05, 0) is 42.3 Å². The fourth-order valence-corrected chi connectivity index (χ4v) is 4.72. The van der Waals surface area contributed by atoms with E-state index in [9.17, 15) is 22.4 Å². The van der Waals surface area contributed by atoms with Crippen LogP contribution in [0.25, 0.3) is 0 Å². The van der Waals surface area contributed by atoms with E-state index < -0.39 is 33.2 Å². The lowest BCUT2D eigenvalue weighted by Gasteiger charge is -2.46. The van der Waals surface area contributed by atoms with Crippen LogP contribution < -0.4 is 14.8 Å². The number of piperazine rings is 1. The second-order valence-electron chi connectivity index (χ2n) is 8.28. The molecule has 2 aromatic carbocycles. The van der Waals surface area contributed by atoms with Crippen molar-refractivity contribution in [3.05, 3.63) is 59.4 Å². The summed E-state index contributed by atoms with van der Waals surface area (Å²) in [4.78, 5) is 27.8. The summed E-state index contributed by atoms with van der Waals surface area (Å²) in [6.45, 7) is 1.26. The van der Waals surface area contributed by atoms with Crippen LogP contribution in [0.1, 0.15) is 18.1 Å². The number of hydrogen-bond acceptors (Lipinski definition) is 6. The number of sulfonamides is 1. The topological polar surface area (TPSA) is 105 Å². The normalized spacial score (nSPS) is 20.7. The van der Waals surface area contributed by atoms with Crippen molar-refractivity contribution in [2.24, 2.45) is 0 Å². The summed E-state index contributed by atoms with van der Waals surface area (Å²) in [7, 11) is -3.71. The zero-order chi connectivity index (χ0) is 23.8. The van der Waals surface area contributed by atoms with Crippen LogP contribution in [0, 0.1) is 5.82 Å². The number of rotatable bonds is 6. The molecule has 9 nitrogen and oxygen atoms in total. The molecule has 0 radical (unpaired) electrons. The van der Waals surface area contributed by atoms with E-state index in [-0.39, 0.29) is 33.0 Å². The zero-order valence-electron chi connectivity index (χ0n) is 18.2. The quantitative estimate of drug-likeness (QED) is 0.671. The molecule has 0 spiro atoms. The van der Waals surface area contributed by atoms with Crippen LogP contribution in [0.15, 0.2) is 42.5 Å². The third-order valence-electron chi connectivity index (χ3n) is 5.79. The molecule has 2 aromatic rings. The van der Waals surface area contributed by atoms with Gasteiger partial charge in [-0.1, -0.05) is 18.2 Å². The van der Waals surface area contributed by atoms with Gasteiger partial charge in [0.15, 0.2) is 11.5 Å². The summed E-state index contributed by atoms with van der Waals surface area (Å²) in [6.07, 6.45) is 1.00. The Balaban J connectivity index is 1.60. The van der Waals surface area contributed by atoms with Crippen LogP contribution in [0.5, 0.6) is 11.5 Å². The molecule has 0 unspecified atom stereocenters. The van der Waals surface area contributed by atoms with Gasteiger partial charge in [-0.15, -0.1) is 0 Å². The predicted molar refractivity (Wildman–Crippen MR) is 116 cm³/mol. The van der Waals surface area contributed by atoms with E-state index >= 15 is 0 Å². The Hall–Kier alpha value is -3.18. The van der Waals surface area contributed by atoms with Crippen molar-refractivity contribution >= 4 is 21.8 Å². The van der Waals surface area contributed by atoms with Crippen molar-refractivity contribution in [3.63, 3.8) is 0 Å². The lowest BCUT2D eigenvalue weighted by atomic mass is 9.94. The van der Waals surface area contributed by atoms with Gasteiger partial charge >= 0.3 is 0 Å². The summed E-state index contributed by atoms with van der Waals surface area (Å²) in [5, 5.41) is 2.76. The van der Waals surface area contributed by atoms with Crippen molar-refractivity contribution in [2.45, 2.75) is 25.6 Å². The van der Waals surface area contributed by atoms with Gasteiger partial charge < -0.3 is 19.7 Å². The van der Waals surface area contributed by atoms with Crippen LogP contribution in [0.3, 0.4) is 0 Å². The molecule has 33 heavy (non-hydrogen) atoms. The van der Waals surface area contributed by atoms with Gasteiger partial charge in [0.25, 0.3) is 0 Å². The van der Waals surface area contributed by atoms with E-state index in [0.29, 0.717) is 22.6 Å². The Kier molecular flexibility index (Phi) is 6.02. The fourth-order valence-electron chi connectivity index (χ4n) is 3.88. The molecule has 0 aromatic heterocycles. The maximum atomic E-state index is 13.3. The maximum absolute atomic E-state index is 13.3. The minimum Gasteiger partial charge on any atom is -0.454 e. The number of amides is 2. The number of halogens is 1. The lowest BCUT2D eigenvalue weighted by molar-refractivity contribution is -0.153. The highest BCUT2D eigenvalue weighted by atomic mass is 32.2. The van der Waals surface area contributed by atoms with E-state index in [0.717, 1.165) is 10.6 Å². The fraction of sp³-hybridized carbons (Fsp3) is 0.364. The van der Waals surface area contributed by atoms with Crippen LogP contribution >= 0.6 is 0 Å². The van der Waals surface area contributed by atoms with Gasteiger partial charge in [-0.25, -0.2) is 12.8 Å². The predicted octanol–water partition coefficient (Wildman–Crippen LogP) is 1.23. The first kappa shape index (κ1) is 23.0. The number of ether oxygens (including phenoxy) is 2. The van der Waals surface area contributed by atoms with Gasteiger partial charge in [-0.2, -0.15) is 4.31 Å². The minimum atomic E-state index is -3.71. The SMILES string of the molecule is C[C@]1(C(=O)NCc2ccc(F)cc2)CN(S(C)(=O)=O)CC(=O)N1Cc1ccc2c(c1)OCO2. The molecule has 2 aliphatic rings. The molecular formula is C22H24FN3O6S. The summed E-state index contributed by atoms with van der Waals surface area (Å²) in [5.41, 5.74) is -0.106. The number of nitrogens with zero attached hydrogens (tertiary/aromatic N) is 2. The molecule has 2 heterocycles. The van der Waals surface area contributed by atoms with Crippen LogP contribution in [0.4, 0.5) is 4.39 Å². The minimum absolute atomic E-state index is 0.0769. The van der Waals surface area contributed by atoms with Crippen LogP contribution in [-0.2, 0) is 32.7 Å². The third kappa shape index (κ3) is 4.79. The highest BCUT2D eigenvalue weighted by Crippen LogP contribution is 2.34. The second kappa shape index (κ2) is 8.64. The van der Waals surface area contributed by atoms with Gasteiger partial charge in [-0.3, -0.25) is 9.59 Å². The molecule has 0 bridgehead atoms. The summed E-state index contributed by atoms with van der Waals surface area (Å²) < 4.78 is 49.3. The van der Waals surface area contributed by atoms with Gasteiger partial charge in [0.2, 0.25) is 28.6 Å². The summed E-state index contributed by atoms with van der Waals surface area (Å²) >= 11 is 0. The van der Waals surface area contributed by atoms with Crippen LogP contribution in [0.2, 0.25) is 0 Å². The molecule has 2 amide bonds. The molecule has 1 atom stereocenters. The first-order valence-corrected chi connectivity index (χ1v) is 12.1. The first-order valence-electron chi connectivity index (χ1n) is 10.2. The Morgan fingerprint density at radius 2 is 1.79 bits per heavy atom. The molecule has 11 heteroatoms. The average Bonchev–Trinajstić information content (AvgIpc) is 3.23. The molecule has 1 N–H and O–H groups in total. The van der Waals surface area contributed by atoms with Crippen molar-refractivity contribution in [2.75, 3.05) is 26.1 Å². The summed E-state index contributed by atoms with van der Waals surface area (Å²) in [5.74, 6) is -0.282. The van der Waals surface area contributed by atoms with E-state index in [2.05, 4.69) is 5.32 Å². The van der Waals surface area contributed by atoms with Gasteiger partial charge in [0, 0.05) is 19.6 Å². The Bertz CT molecular complexity index is 1190. The van der Waals surface area contributed by atoms with Crippen molar-refractivity contribution in [3.8, 4) is 11.5 Å². The third-order valence-corrected chi connectivity index (χ3v) is 6.99. The Morgan fingerprint density at radius 1 is 1.12 bits per heavy atom. The highest BCUT2D eigenvalue weighted by Gasteiger charge is 2.49. The molecule has 1 saturated heterocycles. The largest absolute Gasteiger partial charge is 0.454 e. The zero-order valence-corrected chi connectivity index (χ0v) is 19.0. The molecule has 0 saturated carbocycles. The second-order valence-corrected chi connectivity index (χ2v) is 10.3. The molecule has 176 valence electrons. The number of benzene rings is 2. The average molecular weight is 478 g/mol. The smallest absolute Gasteiger partial charge is 0.247 e. The number of hydrogen-bond donors (Lipinski definition) is 1. The number of fused-ring (bicyclic) bond motifs is 1. The number of carbonyl (C=O) groups excluding carboxylic acids is 2. The number of carbonyl (C=O) groups is 2. The molecule has 2 aliphatic heterocycles. The Morgan fingerprint density at radius 3 is 2.48 bits per heavy atom. The van der Waals surface area contributed by atoms with E-state index in [4.69, 9.17) is 9.47 Å². The Labute approximate surface area is 191 Å². The monoisotopic (exact) mass is 477 g/mol. The maximum Gasteiger partial charge on any atom is 0.247 e. The first-order chi connectivity index (χ1) is 15.6. The molecule has 1 fully saturated rings. The summed E-state index contributed by atoms with van der Waals surface area (Å²) in [6, 6.07) is 10.9. The highest BCUT2D eigenvalue weighted by molar-refractivity contribution is 7.88. The molecular weight excluding hydrogens is 453 g/mol.